The minimum Gasteiger partial charge on any atom is -0.324 e. The minimum atomic E-state index is -0.706. The van der Waals surface area contributed by atoms with Gasteiger partial charge in [0.15, 0.2) is 9.96 Å². The van der Waals surface area contributed by atoms with Crippen molar-refractivity contribution in [3.63, 3.8) is 0 Å². The molecule has 42 heavy (non-hydrogen) atoms. The standard InChI is InChI=1S/C32H27N7O2S/c1-20-12-14-24(35-28(41)22-10-7-11-23(16-22)32(2,3)19-33)17-25(20)36-30-34-18-26-29(39-30)42-31(37-26)38-27(40)15-13-21-8-5-4-6-9-21/h4-18H,1-3H3,(H,35,41)(H,34,36,39)(H,37,38,40)/b15-13+. The predicted molar refractivity (Wildman–Crippen MR) is 167 cm³/mol. The van der Waals surface area contributed by atoms with Gasteiger partial charge in [-0.05, 0) is 67.8 Å². The Morgan fingerprint density at radius 3 is 2.57 bits per heavy atom. The number of amides is 2. The molecule has 0 fully saturated rings. The SMILES string of the molecule is Cc1ccc(NC(=O)c2cccc(C(C)(C)C#N)c2)cc1Nc1ncc2nc(NC(=O)/C=C/c3ccccc3)sc2n1. The number of aromatic nitrogens is 3. The van der Waals surface area contributed by atoms with Gasteiger partial charge in [0.25, 0.3) is 5.91 Å². The molecule has 0 atom stereocenters. The van der Waals surface area contributed by atoms with Gasteiger partial charge >= 0.3 is 0 Å². The molecular weight excluding hydrogens is 546 g/mol. The number of nitriles is 1. The molecule has 0 unspecified atom stereocenters. The molecule has 3 N–H and O–H groups in total. The molecule has 0 aliphatic carbocycles. The largest absolute Gasteiger partial charge is 0.324 e. The smallest absolute Gasteiger partial charge is 0.255 e. The van der Waals surface area contributed by atoms with Crippen molar-refractivity contribution in [3.8, 4) is 6.07 Å². The molecule has 0 aliphatic heterocycles. The summed E-state index contributed by atoms with van der Waals surface area (Å²) in [5.41, 5.74) is 4.24. The predicted octanol–water partition coefficient (Wildman–Crippen LogP) is 6.84. The molecule has 0 aliphatic rings. The first-order valence-electron chi connectivity index (χ1n) is 13.1. The van der Waals surface area contributed by atoms with Gasteiger partial charge in [-0.3, -0.25) is 14.9 Å². The zero-order valence-corrected chi connectivity index (χ0v) is 24.0. The van der Waals surface area contributed by atoms with E-state index >= 15 is 0 Å². The lowest BCUT2D eigenvalue weighted by molar-refractivity contribution is -0.111. The number of carbonyl (C=O) groups excluding carboxylic acids is 2. The molecule has 10 heteroatoms. The van der Waals surface area contributed by atoms with Crippen molar-refractivity contribution < 1.29 is 9.59 Å². The Morgan fingerprint density at radius 1 is 0.976 bits per heavy atom. The quantitative estimate of drug-likeness (QED) is 0.173. The zero-order valence-electron chi connectivity index (χ0n) is 23.2. The number of hydrogen-bond donors (Lipinski definition) is 3. The lowest BCUT2D eigenvalue weighted by atomic mass is 9.85. The summed E-state index contributed by atoms with van der Waals surface area (Å²) in [7, 11) is 0. The van der Waals surface area contributed by atoms with Crippen LogP contribution < -0.4 is 16.0 Å². The number of carbonyl (C=O) groups is 2. The number of rotatable bonds is 8. The lowest BCUT2D eigenvalue weighted by Gasteiger charge is -2.17. The molecule has 0 saturated heterocycles. The van der Waals surface area contributed by atoms with Gasteiger partial charge in [0, 0.05) is 23.0 Å². The summed E-state index contributed by atoms with van der Waals surface area (Å²) in [6.07, 6.45) is 4.78. The van der Waals surface area contributed by atoms with E-state index in [4.69, 9.17) is 0 Å². The van der Waals surface area contributed by atoms with Crippen LogP contribution in [-0.4, -0.2) is 26.8 Å². The number of nitrogens with one attached hydrogen (secondary N) is 3. The van der Waals surface area contributed by atoms with Crippen molar-refractivity contribution >= 4 is 62.0 Å². The molecule has 3 aromatic carbocycles. The van der Waals surface area contributed by atoms with Crippen LogP contribution in [0.2, 0.25) is 0 Å². The van der Waals surface area contributed by atoms with Crippen molar-refractivity contribution in [2.75, 3.05) is 16.0 Å². The van der Waals surface area contributed by atoms with E-state index in [-0.39, 0.29) is 11.8 Å². The third-order valence-electron chi connectivity index (χ3n) is 6.48. The average Bonchev–Trinajstić information content (AvgIpc) is 3.39. The summed E-state index contributed by atoms with van der Waals surface area (Å²) in [6.45, 7) is 5.56. The van der Waals surface area contributed by atoms with Crippen LogP contribution >= 0.6 is 11.3 Å². The van der Waals surface area contributed by atoms with E-state index < -0.39 is 5.41 Å². The molecular formula is C32H27N7O2S. The third-order valence-corrected chi connectivity index (χ3v) is 7.36. The monoisotopic (exact) mass is 573 g/mol. The highest BCUT2D eigenvalue weighted by Crippen LogP contribution is 2.28. The van der Waals surface area contributed by atoms with Gasteiger partial charge in [0.1, 0.15) is 5.52 Å². The summed E-state index contributed by atoms with van der Waals surface area (Å²) in [4.78, 5) is 39.3. The first-order chi connectivity index (χ1) is 20.2. The van der Waals surface area contributed by atoms with Crippen LogP contribution in [0.5, 0.6) is 0 Å². The van der Waals surface area contributed by atoms with Crippen molar-refractivity contribution in [3.05, 3.63) is 107 Å². The second-order valence-electron chi connectivity index (χ2n) is 10.1. The molecule has 2 aromatic heterocycles. The molecule has 9 nitrogen and oxygen atoms in total. The molecule has 5 rings (SSSR count). The Morgan fingerprint density at radius 2 is 1.79 bits per heavy atom. The highest BCUT2D eigenvalue weighted by Gasteiger charge is 2.21. The Labute approximate surface area is 247 Å². The molecule has 0 radical (unpaired) electrons. The normalized spacial score (nSPS) is 11.3. The Kier molecular flexibility index (Phi) is 8.04. The Hall–Kier alpha value is -5.40. The maximum atomic E-state index is 13.0. The number of nitrogens with zero attached hydrogens (tertiary/aromatic N) is 4. The molecule has 2 heterocycles. The van der Waals surface area contributed by atoms with Crippen LogP contribution in [0.3, 0.4) is 0 Å². The van der Waals surface area contributed by atoms with E-state index in [1.165, 1.54) is 17.4 Å². The van der Waals surface area contributed by atoms with Gasteiger partial charge in [-0.15, -0.1) is 0 Å². The van der Waals surface area contributed by atoms with Crippen molar-refractivity contribution in [2.24, 2.45) is 0 Å². The number of hydrogen-bond acceptors (Lipinski definition) is 8. The molecule has 5 aromatic rings. The first kappa shape index (κ1) is 28.1. The summed E-state index contributed by atoms with van der Waals surface area (Å²) in [6, 6.07) is 24.4. The zero-order chi connectivity index (χ0) is 29.7. The van der Waals surface area contributed by atoms with E-state index in [1.54, 1.807) is 36.5 Å². The average molecular weight is 574 g/mol. The highest BCUT2D eigenvalue weighted by molar-refractivity contribution is 7.22. The second-order valence-corrected chi connectivity index (χ2v) is 11.0. The maximum absolute atomic E-state index is 13.0. The Bertz CT molecular complexity index is 1860. The van der Waals surface area contributed by atoms with Gasteiger partial charge in [0.05, 0.1) is 17.7 Å². The third kappa shape index (κ3) is 6.66. The topological polar surface area (TPSA) is 133 Å². The van der Waals surface area contributed by atoms with Gasteiger partial charge in [-0.1, -0.05) is 59.9 Å². The van der Waals surface area contributed by atoms with Gasteiger partial charge < -0.3 is 10.6 Å². The summed E-state index contributed by atoms with van der Waals surface area (Å²) in [5, 5.41) is 18.8. The van der Waals surface area contributed by atoms with Crippen LogP contribution in [0.15, 0.2) is 85.1 Å². The molecule has 208 valence electrons. The van der Waals surface area contributed by atoms with Gasteiger partial charge in [-0.2, -0.15) is 10.2 Å². The van der Waals surface area contributed by atoms with Crippen molar-refractivity contribution in [1.29, 1.82) is 5.26 Å². The fraction of sp³-hybridized carbons (Fsp3) is 0.125. The van der Waals surface area contributed by atoms with E-state index in [0.29, 0.717) is 32.7 Å². The van der Waals surface area contributed by atoms with Gasteiger partial charge in [-0.25, -0.2) is 9.97 Å². The van der Waals surface area contributed by atoms with Crippen LogP contribution in [-0.2, 0) is 10.2 Å². The Balaban J connectivity index is 1.28. The summed E-state index contributed by atoms with van der Waals surface area (Å²) in [5.74, 6) is -0.221. The summed E-state index contributed by atoms with van der Waals surface area (Å²) < 4.78 is 0. The summed E-state index contributed by atoms with van der Waals surface area (Å²) >= 11 is 1.24. The number of benzene rings is 3. The second kappa shape index (κ2) is 12.0. The fourth-order valence-electron chi connectivity index (χ4n) is 4.00. The van der Waals surface area contributed by atoms with Crippen LogP contribution in [0, 0.1) is 18.3 Å². The van der Waals surface area contributed by atoms with Crippen LogP contribution in [0.4, 0.5) is 22.5 Å². The van der Waals surface area contributed by atoms with Crippen LogP contribution in [0.1, 0.15) is 40.9 Å². The fourth-order valence-corrected chi connectivity index (χ4v) is 4.82. The molecule has 0 bridgehead atoms. The number of aryl methyl sites for hydroxylation is 1. The molecule has 2 amide bonds. The van der Waals surface area contributed by atoms with E-state index in [1.807, 2.05) is 69.3 Å². The van der Waals surface area contributed by atoms with E-state index in [0.717, 1.165) is 22.4 Å². The van der Waals surface area contributed by atoms with E-state index in [9.17, 15) is 14.9 Å². The van der Waals surface area contributed by atoms with Gasteiger partial charge in [0.2, 0.25) is 11.9 Å². The highest BCUT2D eigenvalue weighted by atomic mass is 32.1. The number of fused-ring (bicyclic) bond motifs is 1. The van der Waals surface area contributed by atoms with Crippen LogP contribution in [0.25, 0.3) is 16.4 Å². The molecule has 0 spiro atoms. The van der Waals surface area contributed by atoms with Crippen molar-refractivity contribution in [1.82, 2.24) is 15.0 Å². The number of thiazole rings is 1. The first-order valence-corrected chi connectivity index (χ1v) is 13.9. The van der Waals surface area contributed by atoms with Crippen molar-refractivity contribution in [2.45, 2.75) is 26.2 Å². The number of anilines is 4. The lowest BCUT2D eigenvalue weighted by Crippen LogP contribution is -2.17. The van der Waals surface area contributed by atoms with E-state index in [2.05, 4.69) is 37.0 Å². The molecule has 0 saturated carbocycles. The minimum absolute atomic E-state index is 0.282. The maximum Gasteiger partial charge on any atom is 0.255 e.